The molecular weight excluding hydrogens is 140 g/mol. The maximum Gasteiger partial charge on any atom is 0.136 e. The monoisotopic (exact) mass is 154 g/mol. The van der Waals surface area contributed by atoms with Crippen LogP contribution in [0.1, 0.15) is 19.3 Å². The molecule has 62 valence electrons. The summed E-state index contributed by atoms with van der Waals surface area (Å²) in [5.41, 5.74) is 0. The summed E-state index contributed by atoms with van der Waals surface area (Å²) in [4.78, 5) is 10.2. The van der Waals surface area contributed by atoms with Crippen molar-refractivity contribution >= 4 is 6.29 Å². The molecule has 0 aliphatic rings. The molecule has 0 bridgehead atoms. The van der Waals surface area contributed by atoms with Crippen LogP contribution in [0.25, 0.3) is 0 Å². The molecule has 0 fully saturated rings. The van der Waals surface area contributed by atoms with Crippen LogP contribution in [0, 0.1) is 14.1 Å². The van der Waals surface area contributed by atoms with Crippen LogP contribution in [-0.2, 0) is 4.79 Å². The lowest BCUT2D eigenvalue weighted by molar-refractivity contribution is -0.109. The number of carbonyl (C=O) groups is 1. The third-order valence-corrected chi connectivity index (χ3v) is 1.46. The third kappa shape index (κ3) is 6.01. The average Bonchev–Trinajstić information content (AvgIpc) is 2.05. The lowest BCUT2D eigenvalue weighted by atomic mass is 10.1. The van der Waals surface area contributed by atoms with Gasteiger partial charge in [0, 0.05) is 14.1 Å². The van der Waals surface area contributed by atoms with Crippen LogP contribution in [-0.4, -0.2) is 18.9 Å². The van der Waals surface area contributed by atoms with Crippen LogP contribution < -0.4 is 10.6 Å². The van der Waals surface area contributed by atoms with Gasteiger partial charge in [-0.3, -0.25) is 0 Å². The zero-order chi connectivity index (χ0) is 8.53. The van der Waals surface area contributed by atoms with E-state index in [1.165, 1.54) is 0 Å². The van der Waals surface area contributed by atoms with E-state index in [1.807, 2.05) is 0 Å². The molecule has 4 radical (unpaired) electrons. The predicted molar refractivity (Wildman–Crippen MR) is 43.4 cm³/mol. The zero-order valence-electron chi connectivity index (χ0n) is 6.55. The van der Waals surface area contributed by atoms with Gasteiger partial charge in [0.15, 0.2) is 0 Å². The number of nitrogens with one attached hydrogen (secondary N) is 2. The zero-order valence-corrected chi connectivity index (χ0v) is 6.55. The average molecular weight is 154 g/mol. The maximum absolute atomic E-state index is 10.2. The minimum atomic E-state index is -0.215. The summed E-state index contributed by atoms with van der Waals surface area (Å²) >= 11 is 0. The number of aldehydes is 1. The molecule has 0 rings (SSSR count). The number of carbonyl (C=O) groups excluding carboxylic acids is 1. The van der Waals surface area contributed by atoms with Gasteiger partial charge >= 0.3 is 0 Å². The molecule has 0 aromatic heterocycles. The molecule has 0 aromatic rings. The van der Waals surface area contributed by atoms with E-state index in [0.29, 0.717) is 0 Å². The van der Waals surface area contributed by atoms with Gasteiger partial charge in [0.2, 0.25) is 0 Å². The quantitative estimate of drug-likeness (QED) is 0.313. The van der Waals surface area contributed by atoms with Crippen molar-refractivity contribution in [3.8, 4) is 0 Å². The molecule has 0 saturated heterocycles. The van der Waals surface area contributed by atoms with Crippen molar-refractivity contribution in [2.24, 2.45) is 0 Å². The second kappa shape index (κ2) is 7.69. The van der Waals surface area contributed by atoms with Crippen LogP contribution in [0.15, 0.2) is 0 Å². The van der Waals surface area contributed by atoms with E-state index in [9.17, 15) is 4.79 Å². The normalized spacial score (nSPS) is 12.9. The molecule has 0 amide bonds. The molecule has 0 heterocycles. The third-order valence-electron chi connectivity index (χ3n) is 1.46. The summed E-state index contributed by atoms with van der Waals surface area (Å²) in [7, 11) is 10.1. The number of unbranched alkanes of at least 4 members (excludes halogenated alkanes) is 1. The summed E-state index contributed by atoms with van der Waals surface area (Å²) in [5.74, 6) is 0. The van der Waals surface area contributed by atoms with Gasteiger partial charge < -0.3 is 15.4 Å². The van der Waals surface area contributed by atoms with Crippen molar-refractivity contribution in [2.45, 2.75) is 25.3 Å². The SMILES string of the molecule is [CH]NCCCCC(C=O)N[CH]. The van der Waals surface area contributed by atoms with Gasteiger partial charge in [0.25, 0.3) is 0 Å². The molecule has 0 saturated carbocycles. The largest absolute Gasteiger partial charge is 0.311 e. The smallest absolute Gasteiger partial charge is 0.136 e. The first-order valence-corrected chi connectivity index (χ1v) is 3.70. The minimum absolute atomic E-state index is 0.215. The molecule has 11 heavy (non-hydrogen) atoms. The topological polar surface area (TPSA) is 41.1 Å². The summed E-state index contributed by atoms with van der Waals surface area (Å²) in [5, 5.41) is 4.95. The molecule has 0 spiro atoms. The van der Waals surface area contributed by atoms with Gasteiger partial charge in [-0.25, -0.2) is 0 Å². The van der Waals surface area contributed by atoms with E-state index in [2.05, 4.69) is 10.6 Å². The Labute approximate surface area is 68.6 Å². The Morgan fingerprint density at radius 2 is 2.09 bits per heavy atom. The van der Waals surface area contributed by atoms with Crippen LogP contribution in [0.4, 0.5) is 0 Å². The fourth-order valence-electron chi connectivity index (χ4n) is 0.782. The summed E-state index contributed by atoms with van der Waals surface area (Å²) < 4.78 is 0. The number of rotatable bonds is 7. The summed E-state index contributed by atoms with van der Waals surface area (Å²) in [6.07, 6.45) is 3.48. The fourth-order valence-corrected chi connectivity index (χ4v) is 0.782. The van der Waals surface area contributed by atoms with Gasteiger partial charge in [-0.1, -0.05) is 6.42 Å². The Hall–Kier alpha value is -0.410. The van der Waals surface area contributed by atoms with E-state index in [1.54, 1.807) is 0 Å². The van der Waals surface area contributed by atoms with Gasteiger partial charge in [0.1, 0.15) is 6.29 Å². The van der Waals surface area contributed by atoms with Gasteiger partial charge in [-0.15, -0.1) is 0 Å². The van der Waals surface area contributed by atoms with E-state index in [4.69, 9.17) is 14.1 Å². The first-order chi connectivity index (χ1) is 5.35. The maximum atomic E-state index is 10.2. The molecule has 0 aromatic carbocycles. The first kappa shape index (κ1) is 10.6. The lowest BCUT2D eigenvalue weighted by Gasteiger charge is -2.06. The number of hydrogen-bond acceptors (Lipinski definition) is 3. The molecule has 0 aliphatic carbocycles. The van der Waals surface area contributed by atoms with Gasteiger partial charge in [-0.05, 0) is 19.4 Å². The van der Waals surface area contributed by atoms with Gasteiger partial charge in [0.05, 0.1) is 6.04 Å². The van der Waals surface area contributed by atoms with Crippen LogP contribution >= 0.6 is 0 Å². The molecular formula is C8H14N2O. The summed E-state index contributed by atoms with van der Waals surface area (Å²) in [6.45, 7) is 0.774. The molecule has 1 atom stereocenters. The van der Waals surface area contributed by atoms with E-state index in [0.717, 1.165) is 32.1 Å². The highest BCUT2D eigenvalue weighted by atomic mass is 16.1. The highest BCUT2D eigenvalue weighted by Gasteiger charge is 2.01. The Bertz CT molecular complexity index is 96.1. The van der Waals surface area contributed by atoms with Crippen LogP contribution in [0.3, 0.4) is 0 Å². The summed E-state index contributed by atoms with van der Waals surface area (Å²) in [6, 6.07) is -0.215. The Balaban J connectivity index is 3.14. The molecule has 2 N–H and O–H groups in total. The predicted octanol–water partition coefficient (Wildman–Crippen LogP) is 0.241. The van der Waals surface area contributed by atoms with E-state index >= 15 is 0 Å². The van der Waals surface area contributed by atoms with E-state index in [-0.39, 0.29) is 6.04 Å². The minimum Gasteiger partial charge on any atom is -0.311 e. The van der Waals surface area contributed by atoms with Crippen molar-refractivity contribution in [1.82, 2.24) is 10.6 Å². The highest BCUT2D eigenvalue weighted by molar-refractivity contribution is 5.57. The Morgan fingerprint density at radius 3 is 2.55 bits per heavy atom. The van der Waals surface area contributed by atoms with Crippen molar-refractivity contribution < 1.29 is 4.79 Å². The second-order valence-electron chi connectivity index (χ2n) is 2.36. The lowest BCUT2D eigenvalue weighted by Crippen LogP contribution is -2.24. The van der Waals surface area contributed by atoms with Crippen molar-refractivity contribution in [2.75, 3.05) is 6.54 Å². The molecule has 3 heteroatoms. The fraction of sp³-hybridized carbons (Fsp3) is 0.625. The van der Waals surface area contributed by atoms with Crippen LogP contribution in [0.5, 0.6) is 0 Å². The van der Waals surface area contributed by atoms with E-state index < -0.39 is 0 Å². The number of hydrogen-bond donors (Lipinski definition) is 2. The van der Waals surface area contributed by atoms with Crippen molar-refractivity contribution in [3.05, 3.63) is 14.1 Å². The first-order valence-electron chi connectivity index (χ1n) is 3.70. The standard InChI is InChI=1S/C8H14N2O/c1-9-6-4-3-5-8(7-11)10-2/h1-2,7-10H,3-6H2. The second-order valence-corrected chi connectivity index (χ2v) is 2.36. The molecule has 1 unspecified atom stereocenters. The van der Waals surface area contributed by atoms with Crippen molar-refractivity contribution in [1.29, 1.82) is 0 Å². The van der Waals surface area contributed by atoms with Crippen LogP contribution in [0.2, 0.25) is 0 Å². The van der Waals surface area contributed by atoms with Gasteiger partial charge in [-0.2, -0.15) is 0 Å². The molecule has 3 nitrogen and oxygen atoms in total. The Morgan fingerprint density at radius 1 is 1.36 bits per heavy atom. The van der Waals surface area contributed by atoms with Crippen molar-refractivity contribution in [3.63, 3.8) is 0 Å². The highest BCUT2D eigenvalue weighted by Crippen LogP contribution is 1.97. The molecule has 0 aliphatic heterocycles. The Kier molecular flexibility index (Phi) is 7.41.